The molecule has 1 aromatic carbocycles. The third-order valence-electron chi connectivity index (χ3n) is 5.53. The maximum absolute atomic E-state index is 13.1. The zero-order valence-corrected chi connectivity index (χ0v) is 16.0. The van der Waals surface area contributed by atoms with Crippen molar-refractivity contribution in [2.75, 3.05) is 19.7 Å². The van der Waals surface area contributed by atoms with Crippen LogP contribution in [0.15, 0.2) is 48.9 Å². The molecule has 2 aromatic heterocycles. The van der Waals surface area contributed by atoms with Crippen LogP contribution in [0.2, 0.25) is 0 Å². The molecule has 0 bridgehead atoms. The Balaban J connectivity index is 1.43. The molecule has 6 nitrogen and oxygen atoms in total. The van der Waals surface area contributed by atoms with Crippen molar-refractivity contribution in [1.29, 1.82) is 0 Å². The number of fused-ring (bicyclic) bond motifs is 1. The second-order valence-corrected chi connectivity index (χ2v) is 7.55. The van der Waals surface area contributed by atoms with Crippen molar-refractivity contribution in [2.45, 2.75) is 32.1 Å². The van der Waals surface area contributed by atoms with Crippen LogP contribution in [-0.4, -0.2) is 50.2 Å². The summed E-state index contributed by atoms with van der Waals surface area (Å²) >= 11 is 0. The molecule has 1 atom stereocenters. The summed E-state index contributed by atoms with van der Waals surface area (Å²) in [7, 11) is 0. The Kier molecular flexibility index (Phi) is 5.67. The number of aromatic nitrogens is 3. The fraction of sp³-hybridized carbons (Fsp3) is 0.409. The molecule has 1 N–H and O–H groups in total. The minimum absolute atomic E-state index is 0.0156. The fourth-order valence-electron chi connectivity index (χ4n) is 3.99. The van der Waals surface area contributed by atoms with E-state index in [0.29, 0.717) is 23.5 Å². The Morgan fingerprint density at radius 2 is 2.00 bits per heavy atom. The quantitative estimate of drug-likeness (QED) is 0.716. The number of hydrogen-bond donors (Lipinski definition) is 1. The summed E-state index contributed by atoms with van der Waals surface area (Å²) in [5.41, 5.74) is 3.39. The predicted octanol–water partition coefficient (Wildman–Crippen LogP) is 2.75. The van der Waals surface area contributed by atoms with Crippen LogP contribution in [0.5, 0.6) is 0 Å². The van der Waals surface area contributed by atoms with Crippen molar-refractivity contribution in [3.05, 3.63) is 65.6 Å². The van der Waals surface area contributed by atoms with E-state index < -0.39 is 0 Å². The van der Waals surface area contributed by atoms with Crippen molar-refractivity contribution in [3.8, 4) is 0 Å². The van der Waals surface area contributed by atoms with Crippen molar-refractivity contribution >= 4 is 11.6 Å². The summed E-state index contributed by atoms with van der Waals surface area (Å²) in [6.45, 7) is 1.66. The van der Waals surface area contributed by atoms with Crippen molar-refractivity contribution in [2.24, 2.45) is 5.92 Å². The number of aliphatic hydroxyl groups excluding tert-OH is 1. The van der Waals surface area contributed by atoms with Crippen molar-refractivity contribution < 1.29 is 9.90 Å². The molecule has 4 rings (SSSR count). The van der Waals surface area contributed by atoms with Crippen LogP contribution in [0.4, 0.5) is 0 Å². The number of nitrogens with zero attached hydrogens (tertiary/aromatic N) is 4. The highest BCUT2D eigenvalue weighted by molar-refractivity contribution is 5.99. The molecule has 0 saturated carbocycles. The van der Waals surface area contributed by atoms with E-state index in [2.05, 4.69) is 34.3 Å². The molecule has 1 aliphatic heterocycles. The summed E-state index contributed by atoms with van der Waals surface area (Å²) in [6.07, 6.45) is 10.1. The largest absolute Gasteiger partial charge is 0.396 e. The number of likely N-dealkylation sites (tertiary alicyclic amines) is 1. The number of aryl methyl sites for hydroxylation is 1. The first-order valence-corrected chi connectivity index (χ1v) is 10.0. The molecule has 1 fully saturated rings. The lowest BCUT2D eigenvalue weighted by Crippen LogP contribution is -2.40. The number of piperidine rings is 1. The van der Waals surface area contributed by atoms with E-state index in [0.717, 1.165) is 37.9 Å². The van der Waals surface area contributed by atoms with Gasteiger partial charge in [-0.05, 0) is 49.1 Å². The van der Waals surface area contributed by atoms with Gasteiger partial charge in [0.25, 0.3) is 5.91 Å². The molecule has 0 radical (unpaired) electrons. The Morgan fingerprint density at radius 1 is 1.14 bits per heavy atom. The summed E-state index contributed by atoms with van der Waals surface area (Å²) in [6, 6.07) is 10.5. The number of rotatable bonds is 6. The highest BCUT2D eigenvalue weighted by Gasteiger charge is 2.26. The van der Waals surface area contributed by atoms with Gasteiger partial charge >= 0.3 is 0 Å². The van der Waals surface area contributed by atoms with Gasteiger partial charge in [0.05, 0.1) is 6.20 Å². The van der Waals surface area contributed by atoms with Gasteiger partial charge < -0.3 is 10.0 Å². The van der Waals surface area contributed by atoms with Crippen LogP contribution in [0.1, 0.15) is 40.7 Å². The Morgan fingerprint density at radius 3 is 2.82 bits per heavy atom. The van der Waals surface area contributed by atoms with Gasteiger partial charge in [-0.25, -0.2) is 9.50 Å². The molecule has 0 aliphatic carbocycles. The number of benzene rings is 1. The van der Waals surface area contributed by atoms with Crippen LogP contribution >= 0.6 is 0 Å². The zero-order chi connectivity index (χ0) is 19.3. The highest BCUT2D eigenvalue weighted by Crippen LogP contribution is 2.24. The van der Waals surface area contributed by atoms with Crippen LogP contribution in [0.25, 0.3) is 5.65 Å². The zero-order valence-electron chi connectivity index (χ0n) is 16.0. The van der Waals surface area contributed by atoms with Crippen molar-refractivity contribution in [1.82, 2.24) is 19.5 Å². The van der Waals surface area contributed by atoms with Gasteiger partial charge in [0.15, 0.2) is 5.65 Å². The van der Waals surface area contributed by atoms with Gasteiger partial charge in [0, 0.05) is 32.1 Å². The molecule has 1 aliphatic rings. The van der Waals surface area contributed by atoms with E-state index in [9.17, 15) is 4.79 Å². The molecule has 28 heavy (non-hydrogen) atoms. The normalized spacial score (nSPS) is 17.2. The number of carbonyl (C=O) groups excluding carboxylic acids is 1. The molecule has 0 unspecified atom stereocenters. The van der Waals surface area contributed by atoms with Crippen molar-refractivity contribution in [3.63, 3.8) is 0 Å². The van der Waals surface area contributed by atoms with Gasteiger partial charge in [-0.3, -0.25) is 4.79 Å². The molecule has 1 saturated heterocycles. The first-order chi connectivity index (χ1) is 13.7. The van der Waals surface area contributed by atoms with E-state index in [1.165, 1.54) is 12.0 Å². The predicted molar refractivity (Wildman–Crippen MR) is 107 cm³/mol. The summed E-state index contributed by atoms with van der Waals surface area (Å²) in [5.74, 6) is 0.547. The fourth-order valence-corrected chi connectivity index (χ4v) is 3.99. The monoisotopic (exact) mass is 378 g/mol. The average molecular weight is 378 g/mol. The highest BCUT2D eigenvalue weighted by atomic mass is 16.3. The summed E-state index contributed by atoms with van der Waals surface area (Å²) in [4.78, 5) is 19.5. The minimum atomic E-state index is 0.0156. The lowest BCUT2D eigenvalue weighted by Gasteiger charge is -2.32. The maximum Gasteiger partial charge on any atom is 0.259 e. The number of aliphatic hydroxyl groups is 1. The van der Waals surface area contributed by atoms with Crippen LogP contribution in [0.3, 0.4) is 0 Å². The molecule has 3 aromatic rings. The molecular formula is C22H26N4O2. The summed E-state index contributed by atoms with van der Waals surface area (Å²) in [5, 5.41) is 13.4. The van der Waals surface area contributed by atoms with Crippen LogP contribution in [-0.2, 0) is 12.8 Å². The smallest absolute Gasteiger partial charge is 0.259 e. The Hall–Kier alpha value is -2.73. The number of amides is 1. The second-order valence-electron chi connectivity index (χ2n) is 7.55. The van der Waals surface area contributed by atoms with E-state index in [-0.39, 0.29) is 12.5 Å². The molecule has 146 valence electrons. The van der Waals surface area contributed by atoms with Gasteiger partial charge in [0.2, 0.25) is 0 Å². The SMILES string of the molecule is O=C(c1cnn2cc(CCO)cnc12)N1CCC[C@H](CCc2ccccc2)C1. The lowest BCUT2D eigenvalue weighted by molar-refractivity contribution is 0.0670. The van der Waals surface area contributed by atoms with E-state index in [4.69, 9.17) is 5.11 Å². The van der Waals surface area contributed by atoms with Gasteiger partial charge in [0.1, 0.15) is 5.56 Å². The van der Waals surface area contributed by atoms with Gasteiger partial charge in [-0.2, -0.15) is 5.10 Å². The average Bonchev–Trinajstić information content (AvgIpc) is 3.16. The third-order valence-corrected chi connectivity index (χ3v) is 5.53. The molecular weight excluding hydrogens is 352 g/mol. The molecule has 6 heteroatoms. The number of carbonyl (C=O) groups is 1. The lowest BCUT2D eigenvalue weighted by atomic mass is 9.91. The van der Waals surface area contributed by atoms with Crippen LogP contribution < -0.4 is 0 Å². The molecule has 0 spiro atoms. The molecule has 1 amide bonds. The topological polar surface area (TPSA) is 70.7 Å². The van der Waals surface area contributed by atoms with E-state index in [1.54, 1.807) is 16.9 Å². The first-order valence-electron chi connectivity index (χ1n) is 10.0. The number of hydrogen-bond acceptors (Lipinski definition) is 4. The minimum Gasteiger partial charge on any atom is -0.396 e. The molecule has 3 heterocycles. The second kappa shape index (κ2) is 8.52. The van der Waals surface area contributed by atoms with Crippen LogP contribution in [0, 0.1) is 5.92 Å². The summed E-state index contributed by atoms with van der Waals surface area (Å²) < 4.78 is 1.63. The first kappa shape index (κ1) is 18.6. The standard InChI is InChI=1S/C22H26N4O2/c27-12-10-19-13-23-21-20(14-24-26(21)16-19)22(28)25-11-4-7-18(15-25)9-8-17-5-2-1-3-6-17/h1-3,5-6,13-14,16,18,27H,4,7-12,15H2/t18-/m1/s1. The van der Waals surface area contributed by atoms with Gasteiger partial charge in [-0.15, -0.1) is 0 Å². The third kappa shape index (κ3) is 4.07. The maximum atomic E-state index is 13.1. The van der Waals surface area contributed by atoms with E-state index in [1.807, 2.05) is 17.2 Å². The van der Waals surface area contributed by atoms with E-state index >= 15 is 0 Å². The Bertz CT molecular complexity index is 938. The van der Waals surface area contributed by atoms with Gasteiger partial charge in [-0.1, -0.05) is 30.3 Å². The Labute approximate surface area is 164 Å².